The summed E-state index contributed by atoms with van der Waals surface area (Å²) in [5, 5.41) is 3.28. The largest absolute Gasteiger partial charge is 0.469 e. The molecule has 0 amide bonds. The third-order valence-corrected chi connectivity index (χ3v) is 3.02. The van der Waals surface area contributed by atoms with Crippen molar-refractivity contribution in [1.82, 2.24) is 5.32 Å². The van der Waals surface area contributed by atoms with Gasteiger partial charge in [0.05, 0.1) is 12.3 Å². The van der Waals surface area contributed by atoms with Crippen molar-refractivity contribution in [2.24, 2.45) is 0 Å². The lowest BCUT2D eigenvalue weighted by Crippen LogP contribution is -2.17. The standard InChI is InChI=1S/C14H19NO2/c1-4-10-6-7-13(17-10)14(15-3)11-8-9-16-12(11)5-2/h6-9,14-15H,4-5H2,1-3H3. The number of hydrogen-bond donors (Lipinski definition) is 1. The van der Waals surface area contributed by atoms with Gasteiger partial charge >= 0.3 is 0 Å². The van der Waals surface area contributed by atoms with Crippen LogP contribution >= 0.6 is 0 Å². The Balaban J connectivity index is 2.33. The van der Waals surface area contributed by atoms with E-state index in [1.807, 2.05) is 25.2 Å². The molecule has 0 aliphatic rings. The minimum atomic E-state index is 0.0731. The third kappa shape index (κ3) is 2.29. The molecule has 0 aliphatic heterocycles. The summed E-state index contributed by atoms with van der Waals surface area (Å²) in [4.78, 5) is 0. The summed E-state index contributed by atoms with van der Waals surface area (Å²) in [6.07, 6.45) is 3.55. The summed E-state index contributed by atoms with van der Waals surface area (Å²) in [5.41, 5.74) is 1.16. The Labute approximate surface area is 102 Å². The van der Waals surface area contributed by atoms with Crippen LogP contribution in [0.4, 0.5) is 0 Å². The van der Waals surface area contributed by atoms with Gasteiger partial charge in [-0.15, -0.1) is 0 Å². The van der Waals surface area contributed by atoms with Gasteiger partial charge in [0, 0.05) is 18.4 Å². The molecule has 0 saturated carbocycles. The molecule has 3 heteroatoms. The molecule has 0 aromatic carbocycles. The van der Waals surface area contributed by atoms with Crippen LogP contribution < -0.4 is 5.32 Å². The smallest absolute Gasteiger partial charge is 0.125 e. The van der Waals surface area contributed by atoms with E-state index in [-0.39, 0.29) is 6.04 Å². The number of hydrogen-bond acceptors (Lipinski definition) is 3. The van der Waals surface area contributed by atoms with Gasteiger partial charge in [0.1, 0.15) is 17.3 Å². The maximum absolute atomic E-state index is 5.80. The average Bonchev–Trinajstić information content (AvgIpc) is 2.99. The summed E-state index contributed by atoms with van der Waals surface area (Å²) in [6, 6.07) is 6.15. The van der Waals surface area contributed by atoms with Crippen LogP contribution in [0, 0.1) is 0 Å². The zero-order valence-corrected chi connectivity index (χ0v) is 10.6. The van der Waals surface area contributed by atoms with Crippen molar-refractivity contribution >= 4 is 0 Å². The Morgan fingerprint density at radius 3 is 2.59 bits per heavy atom. The highest BCUT2D eigenvalue weighted by atomic mass is 16.3. The van der Waals surface area contributed by atoms with E-state index in [9.17, 15) is 0 Å². The van der Waals surface area contributed by atoms with Crippen LogP contribution in [0.25, 0.3) is 0 Å². The quantitative estimate of drug-likeness (QED) is 0.861. The first-order valence-corrected chi connectivity index (χ1v) is 6.12. The van der Waals surface area contributed by atoms with Crippen molar-refractivity contribution in [3.8, 4) is 0 Å². The fourth-order valence-corrected chi connectivity index (χ4v) is 2.09. The second-order valence-electron chi connectivity index (χ2n) is 4.03. The highest BCUT2D eigenvalue weighted by Crippen LogP contribution is 2.27. The Morgan fingerprint density at radius 1 is 1.18 bits per heavy atom. The second-order valence-corrected chi connectivity index (χ2v) is 4.03. The number of furan rings is 2. The number of aryl methyl sites for hydroxylation is 2. The Morgan fingerprint density at radius 2 is 2.00 bits per heavy atom. The first-order valence-electron chi connectivity index (χ1n) is 6.12. The SMILES string of the molecule is CCc1ccc(C(NC)c2ccoc2CC)o1. The van der Waals surface area contributed by atoms with Crippen LogP contribution in [-0.4, -0.2) is 7.05 Å². The molecule has 0 aliphatic carbocycles. The second kappa shape index (κ2) is 5.23. The van der Waals surface area contributed by atoms with Crippen LogP contribution in [0.1, 0.15) is 42.7 Å². The zero-order chi connectivity index (χ0) is 12.3. The molecule has 0 radical (unpaired) electrons. The van der Waals surface area contributed by atoms with Gasteiger partial charge < -0.3 is 14.2 Å². The molecular weight excluding hydrogens is 214 g/mol. The molecular formula is C14H19NO2. The Hall–Kier alpha value is -1.48. The van der Waals surface area contributed by atoms with Gasteiger partial charge in [0.25, 0.3) is 0 Å². The summed E-state index contributed by atoms with van der Waals surface area (Å²) in [5.74, 6) is 2.97. The Bertz CT molecular complexity index is 470. The molecule has 2 aromatic heterocycles. The minimum Gasteiger partial charge on any atom is -0.469 e. The normalized spacial score (nSPS) is 12.9. The van der Waals surface area contributed by atoms with E-state index >= 15 is 0 Å². The first-order chi connectivity index (χ1) is 8.30. The van der Waals surface area contributed by atoms with Gasteiger partial charge in [0.2, 0.25) is 0 Å². The van der Waals surface area contributed by atoms with E-state index in [4.69, 9.17) is 8.83 Å². The molecule has 1 N–H and O–H groups in total. The lowest BCUT2D eigenvalue weighted by molar-refractivity contribution is 0.427. The predicted molar refractivity (Wildman–Crippen MR) is 67.1 cm³/mol. The molecule has 2 rings (SSSR count). The third-order valence-electron chi connectivity index (χ3n) is 3.02. The minimum absolute atomic E-state index is 0.0731. The zero-order valence-electron chi connectivity index (χ0n) is 10.6. The Kier molecular flexibility index (Phi) is 3.69. The van der Waals surface area contributed by atoms with Crippen LogP contribution in [0.2, 0.25) is 0 Å². The number of nitrogens with one attached hydrogen (secondary N) is 1. The van der Waals surface area contributed by atoms with Gasteiger partial charge in [-0.3, -0.25) is 0 Å². The van der Waals surface area contributed by atoms with Gasteiger partial charge in [-0.1, -0.05) is 13.8 Å². The molecule has 3 nitrogen and oxygen atoms in total. The van der Waals surface area contributed by atoms with E-state index in [1.165, 1.54) is 0 Å². The van der Waals surface area contributed by atoms with Crippen molar-refractivity contribution in [3.05, 3.63) is 47.3 Å². The van der Waals surface area contributed by atoms with Crippen molar-refractivity contribution in [3.63, 3.8) is 0 Å². The monoisotopic (exact) mass is 233 g/mol. The van der Waals surface area contributed by atoms with E-state index in [0.29, 0.717) is 0 Å². The van der Waals surface area contributed by atoms with Gasteiger partial charge in [-0.25, -0.2) is 0 Å². The predicted octanol–water partition coefficient (Wildman–Crippen LogP) is 3.31. The number of rotatable bonds is 5. The maximum atomic E-state index is 5.80. The van der Waals surface area contributed by atoms with E-state index in [2.05, 4.69) is 19.2 Å². The molecule has 0 spiro atoms. The lowest BCUT2D eigenvalue weighted by Gasteiger charge is -2.13. The molecule has 92 valence electrons. The fraction of sp³-hybridized carbons (Fsp3) is 0.429. The molecule has 2 aromatic rings. The van der Waals surface area contributed by atoms with E-state index in [0.717, 1.165) is 35.7 Å². The van der Waals surface area contributed by atoms with Gasteiger partial charge in [0.15, 0.2) is 0 Å². The summed E-state index contributed by atoms with van der Waals surface area (Å²) < 4.78 is 11.3. The fourth-order valence-electron chi connectivity index (χ4n) is 2.09. The molecule has 17 heavy (non-hydrogen) atoms. The van der Waals surface area contributed by atoms with Crippen LogP contribution in [-0.2, 0) is 12.8 Å². The highest BCUT2D eigenvalue weighted by molar-refractivity contribution is 5.29. The van der Waals surface area contributed by atoms with Crippen molar-refractivity contribution in [2.45, 2.75) is 32.7 Å². The highest BCUT2D eigenvalue weighted by Gasteiger charge is 2.20. The van der Waals surface area contributed by atoms with Crippen LogP contribution in [0.5, 0.6) is 0 Å². The molecule has 1 unspecified atom stereocenters. The van der Waals surface area contributed by atoms with Gasteiger partial charge in [-0.05, 0) is 25.2 Å². The topological polar surface area (TPSA) is 38.3 Å². The lowest BCUT2D eigenvalue weighted by atomic mass is 10.0. The van der Waals surface area contributed by atoms with Crippen molar-refractivity contribution in [2.75, 3.05) is 7.05 Å². The summed E-state index contributed by atoms with van der Waals surface area (Å²) in [6.45, 7) is 4.18. The van der Waals surface area contributed by atoms with Crippen molar-refractivity contribution in [1.29, 1.82) is 0 Å². The molecule has 0 fully saturated rings. The van der Waals surface area contributed by atoms with E-state index < -0.39 is 0 Å². The van der Waals surface area contributed by atoms with E-state index in [1.54, 1.807) is 6.26 Å². The van der Waals surface area contributed by atoms with Crippen molar-refractivity contribution < 1.29 is 8.83 Å². The van der Waals surface area contributed by atoms with Crippen LogP contribution in [0.3, 0.4) is 0 Å². The summed E-state index contributed by atoms with van der Waals surface area (Å²) >= 11 is 0. The average molecular weight is 233 g/mol. The molecule has 0 saturated heterocycles. The maximum Gasteiger partial charge on any atom is 0.125 e. The van der Waals surface area contributed by atoms with Crippen LogP contribution in [0.15, 0.2) is 33.3 Å². The molecule has 2 heterocycles. The molecule has 0 bridgehead atoms. The van der Waals surface area contributed by atoms with Gasteiger partial charge in [-0.2, -0.15) is 0 Å². The molecule has 1 atom stereocenters. The summed E-state index contributed by atoms with van der Waals surface area (Å²) in [7, 11) is 1.94. The first kappa shape index (κ1) is 12.0.